The molecule has 0 aliphatic carbocycles. The number of hydrogen-bond donors (Lipinski definition) is 6. The molecule has 0 saturated heterocycles. The Morgan fingerprint density at radius 3 is 1.21 bits per heavy atom. The Bertz CT molecular complexity index is 894. The van der Waals surface area contributed by atoms with Crippen molar-refractivity contribution in [2.75, 3.05) is 49.9 Å². The second-order valence-corrected chi connectivity index (χ2v) is 10.0. The van der Waals surface area contributed by atoms with E-state index in [0.29, 0.717) is 13.1 Å². The number of carbonyl (C=O) groups is 4. The lowest BCUT2D eigenvalue weighted by atomic mass is 10.2. The first-order valence-corrected chi connectivity index (χ1v) is 12.6. The molecule has 6 N–H and O–H groups in total. The van der Waals surface area contributed by atoms with Crippen molar-refractivity contribution >= 4 is 35.6 Å². The molecular formula is C24H42N8O6. The number of nitrogens with zero attached hydrogens (tertiary/aromatic N) is 2. The second kappa shape index (κ2) is 14.8. The minimum atomic E-state index is -0.630. The molecule has 0 unspecified atom stereocenters. The minimum Gasteiger partial charge on any atom is -0.444 e. The fraction of sp³-hybridized carbons (Fsp3) is 0.667. The summed E-state index contributed by atoms with van der Waals surface area (Å²) in [6.07, 6.45) is -1.18. The van der Waals surface area contributed by atoms with Gasteiger partial charge in [-0.3, -0.25) is 9.59 Å². The van der Waals surface area contributed by atoms with Gasteiger partial charge in [0.15, 0.2) is 23.0 Å². The average molecular weight is 539 g/mol. The maximum absolute atomic E-state index is 12.8. The molecule has 1 aromatic heterocycles. The highest BCUT2D eigenvalue weighted by molar-refractivity contribution is 6.01. The van der Waals surface area contributed by atoms with E-state index in [4.69, 9.17) is 9.47 Å². The number of anilines is 2. The largest absolute Gasteiger partial charge is 0.444 e. The van der Waals surface area contributed by atoms with Gasteiger partial charge in [-0.1, -0.05) is 0 Å². The van der Waals surface area contributed by atoms with Crippen LogP contribution in [0.4, 0.5) is 21.2 Å². The van der Waals surface area contributed by atoms with E-state index in [0.717, 1.165) is 0 Å². The van der Waals surface area contributed by atoms with E-state index in [1.807, 2.05) is 13.8 Å². The van der Waals surface area contributed by atoms with Crippen molar-refractivity contribution < 1.29 is 28.7 Å². The molecule has 1 heterocycles. The monoisotopic (exact) mass is 538 g/mol. The Kier molecular flexibility index (Phi) is 12.5. The van der Waals surface area contributed by atoms with Crippen LogP contribution in [0.5, 0.6) is 0 Å². The van der Waals surface area contributed by atoms with Gasteiger partial charge in [-0.25, -0.2) is 19.6 Å². The van der Waals surface area contributed by atoms with E-state index in [9.17, 15) is 19.2 Å². The van der Waals surface area contributed by atoms with E-state index >= 15 is 0 Å². The molecule has 0 spiro atoms. The van der Waals surface area contributed by atoms with Crippen LogP contribution in [-0.2, 0) is 9.47 Å². The molecule has 0 atom stereocenters. The Hall–Kier alpha value is -3.84. The fourth-order valence-electron chi connectivity index (χ4n) is 2.81. The summed E-state index contributed by atoms with van der Waals surface area (Å²) in [6.45, 7) is 15.5. The van der Waals surface area contributed by atoms with E-state index in [-0.39, 0.29) is 49.2 Å². The average Bonchev–Trinajstić information content (AvgIpc) is 2.78. The van der Waals surface area contributed by atoms with Crippen LogP contribution in [0.3, 0.4) is 0 Å². The predicted octanol–water partition coefficient (Wildman–Crippen LogP) is 1.85. The molecule has 14 nitrogen and oxygen atoms in total. The smallest absolute Gasteiger partial charge is 0.407 e. The summed E-state index contributed by atoms with van der Waals surface area (Å²) >= 11 is 0. The zero-order chi connectivity index (χ0) is 28.9. The zero-order valence-electron chi connectivity index (χ0n) is 23.6. The maximum Gasteiger partial charge on any atom is 0.407 e. The Morgan fingerprint density at radius 1 is 0.605 bits per heavy atom. The molecule has 4 amide bonds. The van der Waals surface area contributed by atoms with E-state index < -0.39 is 35.2 Å². The van der Waals surface area contributed by atoms with Gasteiger partial charge in [0.25, 0.3) is 11.8 Å². The van der Waals surface area contributed by atoms with Gasteiger partial charge >= 0.3 is 12.2 Å². The van der Waals surface area contributed by atoms with Crippen LogP contribution >= 0.6 is 0 Å². The molecule has 0 aliphatic heterocycles. The van der Waals surface area contributed by atoms with Gasteiger partial charge in [-0.15, -0.1) is 0 Å². The van der Waals surface area contributed by atoms with Crippen molar-refractivity contribution in [3.8, 4) is 0 Å². The van der Waals surface area contributed by atoms with Crippen molar-refractivity contribution in [2.45, 2.75) is 66.6 Å². The Morgan fingerprint density at radius 2 is 0.921 bits per heavy atom. The lowest BCUT2D eigenvalue weighted by Gasteiger charge is -2.20. The highest BCUT2D eigenvalue weighted by atomic mass is 16.6. The number of alkyl carbamates (subject to hydrolysis) is 2. The molecule has 0 saturated carbocycles. The van der Waals surface area contributed by atoms with Crippen molar-refractivity contribution in [2.24, 2.45) is 0 Å². The molecule has 0 aromatic carbocycles. The SMILES string of the molecule is CCNc1nc(C(=O)NCCNC(=O)OC(C)(C)C)c(NCC)nc1C(=O)NCCNC(=O)OC(C)(C)C. The van der Waals surface area contributed by atoms with Gasteiger partial charge in [-0.05, 0) is 55.4 Å². The number of rotatable bonds is 12. The van der Waals surface area contributed by atoms with Crippen molar-refractivity contribution in [1.82, 2.24) is 31.2 Å². The number of nitrogens with one attached hydrogen (secondary N) is 6. The summed E-state index contributed by atoms with van der Waals surface area (Å²) in [4.78, 5) is 57.9. The van der Waals surface area contributed by atoms with Gasteiger partial charge in [-0.2, -0.15) is 0 Å². The summed E-state index contributed by atoms with van der Waals surface area (Å²) < 4.78 is 10.3. The summed E-state index contributed by atoms with van der Waals surface area (Å²) in [7, 11) is 0. The highest BCUT2D eigenvalue weighted by Crippen LogP contribution is 2.18. The van der Waals surface area contributed by atoms with Gasteiger partial charge < -0.3 is 41.4 Å². The van der Waals surface area contributed by atoms with Crippen molar-refractivity contribution in [1.29, 1.82) is 0 Å². The van der Waals surface area contributed by atoms with Crippen LogP contribution < -0.4 is 31.9 Å². The third kappa shape index (κ3) is 12.4. The van der Waals surface area contributed by atoms with E-state index in [1.165, 1.54) is 0 Å². The number of aromatic nitrogens is 2. The Balaban J connectivity index is 2.87. The number of hydrogen-bond acceptors (Lipinski definition) is 10. The first-order valence-electron chi connectivity index (χ1n) is 12.6. The van der Waals surface area contributed by atoms with Gasteiger partial charge in [0, 0.05) is 39.3 Å². The number of carbonyl (C=O) groups excluding carboxylic acids is 4. The van der Waals surface area contributed by atoms with E-state index in [1.54, 1.807) is 41.5 Å². The minimum absolute atomic E-state index is 0.0109. The third-order valence-corrected chi connectivity index (χ3v) is 4.17. The summed E-state index contributed by atoms with van der Waals surface area (Å²) in [5, 5.41) is 16.4. The third-order valence-electron chi connectivity index (χ3n) is 4.17. The fourth-order valence-corrected chi connectivity index (χ4v) is 2.81. The normalized spacial score (nSPS) is 11.2. The topological polar surface area (TPSA) is 185 Å². The number of amides is 4. The van der Waals surface area contributed by atoms with Crippen LogP contribution in [0.25, 0.3) is 0 Å². The maximum atomic E-state index is 12.8. The quantitative estimate of drug-likeness (QED) is 0.215. The lowest BCUT2D eigenvalue weighted by molar-refractivity contribution is 0.0516. The van der Waals surface area contributed by atoms with Crippen LogP contribution in [0.2, 0.25) is 0 Å². The van der Waals surface area contributed by atoms with Crippen LogP contribution in [0, 0.1) is 0 Å². The molecule has 1 aromatic rings. The first-order chi connectivity index (χ1) is 17.7. The molecule has 38 heavy (non-hydrogen) atoms. The highest BCUT2D eigenvalue weighted by Gasteiger charge is 2.23. The molecular weight excluding hydrogens is 496 g/mol. The molecule has 214 valence electrons. The summed E-state index contributed by atoms with van der Waals surface area (Å²) in [5.74, 6) is -0.813. The second-order valence-electron chi connectivity index (χ2n) is 10.0. The molecule has 0 fully saturated rings. The molecule has 14 heteroatoms. The van der Waals surface area contributed by atoms with Crippen molar-refractivity contribution in [3.63, 3.8) is 0 Å². The lowest BCUT2D eigenvalue weighted by Crippen LogP contribution is -2.39. The van der Waals surface area contributed by atoms with Gasteiger partial charge in [0.2, 0.25) is 0 Å². The molecule has 0 radical (unpaired) electrons. The Labute approximate surface area is 223 Å². The molecule has 0 bridgehead atoms. The first kappa shape index (κ1) is 32.2. The van der Waals surface area contributed by atoms with Crippen molar-refractivity contribution in [3.05, 3.63) is 11.4 Å². The van der Waals surface area contributed by atoms with Gasteiger partial charge in [0.05, 0.1) is 0 Å². The summed E-state index contributed by atoms with van der Waals surface area (Å²) in [5.41, 5.74) is -1.28. The summed E-state index contributed by atoms with van der Waals surface area (Å²) in [6, 6.07) is 0. The van der Waals surface area contributed by atoms with Crippen LogP contribution in [-0.4, -0.2) is 84.4 Å². The molecule has 1 rings (SSSR count). The van der Waals surface area contributed by atoms with Gasteiger partial charge in [0.1, 0.15) is 11.2 Å². The van der Waals surface area contributed by atoms with E-state index in [2.05, 4.69) is 41.9 Å². The zero-order valence-corrected chi connectivity index (χ0v) is 23.6. The standard InChI is InChI=1S/C24H42N8O6/c1-9-25-17-15(19(33)27-11-13-29-21(35)37-23(3,4)5)32-18(26-10-2)16(31-17)20(34)28-12-14-30-22(36)38-24(6,7)8/h9-14H2,1-8H3,(H,25,31)(H,26,32)(H,27,33)(H,28,34)(H,29,35)(H,30,36). The van der Waals surface area contributed by atoms with Crippen LogP contribution in [0.1, 0.15) is 76.4 Å². The molecule has 0 aliphatic rings. The van der Waals surface area contributed by atoms with Crippen LogP contribution in [0.15, 0.2) is 0 Å². The number of ether oxygens (including phenoxy) is 2. The predicted molar refractivity (Wildman–Crippen MR) is 143 cm³/mol.